The second-order valence-electron chi connectivity index (χ2n) is 3.56. The molecule has 0 amide bonds. The zero-order valence-corrected chi connectivity index (χ0v) is 10.1. The molecule has 4 nitrogen and oxygen atoms in total. The highest BCUT2D eigenvalue weighted by Crippen LogP contribution is 2.09. The molecule has 0 unspecified atom stereocenters. The Balaban J connectivity index is 1.94. The number of nitrogens with zero attached hydrogens (tertiary/aromatic N) is 1. The number of nitrogens with one attached hydrogen (secondary N) is 1. The Morgan fingerprint density at radius 1 is 1.29 bits per heavy atom. The number of hydrogen-bond acceptors (Lipinski definition) is 3. The van der Waals surface area contributed by atoms with Gasteiger partial charge in [-0.15, -0.1) is 0 Å². The summed E-state index contributed by atoms with van der Waals surface area (Å²) in [5.41, 5.74) is 0.770. The maximum atomic E-state index is 9.12. The van der Waals surface area contributed by atoms with Crippen LogP contribution in [0.2, 0.25) is 0 Å². The number of aliphatic hydroxyl groups is 1. The minimum Gasteiger partial charge on any atom is -0.492 e. The van der Waals surface area contributed by atoms with Gasteiger partial charge >= 0.3 is 0 Å². The normalized spacial score (nSPS) is 10.4. The molecule has 0 radical (unpaired) electrons. The third-order valence-corrected chi connectivity index (χ3v) is 2.78. The maximum Gasteiger partial charge on any atom is 0.177 e. The summed E-state index contributed by atoms with van der Waals surface area (Å²) in [6.45, 7) is 1.11. The van der Waals surface area contributed by atoms with Gasteiger partial charge in [-0.25, -0.2) is 0 Å². The van der Waals surface area contributed by atoms with Crippen LogP contribution in [-0.4, -0.2) is 21.3 Å². The number of H-pyrrole nitrogens is 1. The molecule has 0 saturated carbocycles. The number of benzene rings is 1. The van der Waals surface area contributed by atoms with E-state index in [9.17, 15) is 0 Å². The van der Waals surface area contributed by atoms with Gasteiger partial charge in [0.1, 0.15) is 12.4 Å². The summed E-state index contributed by atoms with van der Waals surface area (Å²) in [7, 11) is 0. The van der Waals surface area contributed by atoms with Crippen molar-refractivity contribution < 1.29 is 9.84 Å². The van der Waals surface area contributed by atoms with E-state index < -0.39 is 0 Å². The van der Waals surface area contributed by atoms with Gasteiger partial charge in [0.2, 0.25) is 0 Å². The van der Waals surface area contributed by atoms with Crippen molar-refractivity contribution in [3.8, 4) is 5.75 Å². The highest BCUT2D eigenvalue weighted by atomic mass is 32.1. The fraction of sp³-hybridized carbons (Fsp3) is 0.250. The molecule has 0 saturated heterocycles. The average molecular weight is 250 g/mol. The molecule has 0 aliphatic carbocycles. The van der Waals surface area contributed by atoms with Crippen LogP contribution < -0.4 is 4.74 Å². The topological polar surface area (TPSA) is 50.2 Å². The lowest BCUT2D eigenvalue weighted by Crippen LogP contribution is -2.10. The highest BCUT2D eigenvalue weighted by Gasteiger charge is 2.02. The van der Waals surface area contributed by atoms with Gasteiger partial charge in [0.25, 0.3) is 0 Å². The zero-order valence-electron chi connectivity index (χ0n) is 9.30. The van der Waals surface area contributed by atoms with Crippen LogP contribution in [0.4, 0.5) is 0 Å². The van der Waals surface area contributed by atoms with Crippen LogP contribution >= 0.6 is 12.2 Å². The Labute approximate surface area is 104 Å². The predicted octanol–water partition coefficient (Wildman–Crippen LogP) is 2.12. The molecule has 90 valence electrons. The van der Waals surface area contributed by atoms with Gasteiger partial charge in [-0.3, -0.25) is 0 Å². The fourth-order valence-corrected chi connectivity index (χ4v) is 1.85. The Hall–Kier alpha value is -1.59. The first-order valence-electron chi connectivity index (χ1n) is 5.37. The first-order chi connectivity index (χ1) is 8.31. The van der Waals surface area contributed by atoms with Crippen molar-refractivity contribution in [3.63, 3.8) is 0 Å². The summed E-state index contributed by atoms with van der Waals surface area (Å²) in [5.74, 6) is 0.833. The van der Waals surface area contributed by atoms with Crippen molar-refractivity contribution in [2.75, 3.05) is 6.61 Å². The molecular formula is C12H14N2O2S. The molecule has 0 aliphatic rings. The first kappa shape index (κ1) is 11.9. The van der Waals surface area contributed by atoms with Gasteiger partial charge in [0.15, 0.2) is 4.77 Å². The van der Waals surface area contributed by atoms with Crippen molar-refractivity contribution in [1.29, 1.82) is 0 Å². The summed E-state index contributed by atoms with van der Waals surface area (Å²) in [5, 5.41) is 9.12. The smallest absolute Gasteiger partial charge is 0.177 e. The van der Waals surface area contributed by atoms with E-state index in [1.54, 1.807) is 6.20 Å². The van der Waals surface area contributed by atoms with Crippen LogP contribution in [0.25, 0.3) is 0 Å². The molecule has 0 fully saturated rings. The largest absolute Gasteiger partial charge is 0.492 e. The fourth-order valence-electron chi connectivity index (χ4n) is 1.58. The Bertz CT molecular complexity index is 519. The van der Waals surface area contributed by atoms with E-state index >= 15 is 0 Å². The summed E-state index contributed by atoms with van der Waals surface area (Å²) >= 11 is 5.11. The van der Waals surface area contributed by atoms with E-state index in [0.717, 1.165) is 11.4 Å². The van der Waals surface area contributed by atoms with Crippen LogP contribution in [-0.2, 0) is 13.2 Å². The molecule has 0 spiro atoms. The van der Waals surface area contributed by atoms with E-state index in [2.05, 4.69) is 4.98 Å². The van der Waals surface area contributed by atoms with Crippen LogP contribution in [0, 0.1) is 4.77 Å². The Kier molecular flexibility index (Phi) is 3.95. The number of imidazole rings is 1. The third-order valence-electron chi connectivity index (χ3n) is 2.44. The highest BCUT2D eigenvalue weighted by molar-refractivity contribution is 7.71. The van der Waals surface area contributed by atoms with E-state index in [-0.39, 0.29) is 6.61 Å². The summed E-state index contributed by atoms with van der Waals surface area (Å²) in [4.78, 5) is 2.90. The van der Waals surface area contributed by atoms with Gasteiger partial charge in [-0.05, 0) is 24.4 Å². The predicted molar refractivity (Wildman–Crippen MR) is 67.5 cm³/mol. The van der Waals surface area contributed by atoms with Crippen LogP contribution in [0.3, 0.4) is 0 Å². The van der Waals surface area contributed by atoms with Crippen LogP contribution in [0.1, 0.15) is 5.69 Å². The van der Waals surface area contributed by atoms with Gasteiger partial charge in [-0.2, -0.15) is 0 Å². The molecule has 1 aromatic carbocycles. The number of hydrogen-bond donors (Lipinski definition) is 2. The number of ether oxygens (including phenoxy) is 1. The first-order valence-corrected chi connectivity index (χ1v) is 5.78. The average Bonchev–Trinajstić information content (AvgIpc) is 2.72. The van der Waals surface area contributed by atoms with Crippen molar-refractivity contribution in [2.24, 2.45) is 0 Å². The molecule has 0 atom stereocenters. The molecule has 0 aliphatic heterocycles. The molecule has 2 N–H and O–H groups in total. The molecule has 0 bridgehead atoms. The van der Waals surface area contributed by atoms with Crippen molar-refractivity contribution in [2.45, 2.75) is 13.2 Å². The van der Waals surface area contributed by atoms with Gasteiger partial charge < -0.3 is 19.4 Å². The lowest BCUT2D eigenvalue weighted by molar-refractivity contribution is 0.258. The summed E-state index contributed by atoms with van der Waals surface area (Å²) in [6.07, 6.45) is 1.71. The number of rotatable bonds is 5. The van der Waals surface area contributed by atoms with E-state index in [1.165, 1.54) is 0 Å². The number of aliphatic hydroxyl groups excluding tert-OH is 1. The summed E-state index contributed by atoms with van der Waals surface area (Å²) in [6, 6.07) is 9.61. The van der Waals surface area contributed by atoms with E-state index in [0.29, 0.717) is 17.9 Å². The molecule has 1 aromatic heterocycles. The SMILES string of the molecule is OCc1c[nH]c(=S)n1CCOc1ccccc1. The summed E-state index contributed by atoms with van der Waals surface area (Å²) < 4.78 is 8.01. The Morgan fingerprint density at radius 2 is 2.06 bits per heavy atom. The number of aromatic nitrogens is 2. The molecular weight excluding hydrogens is 236 g/mol. The van der Waals surface area contributed by atoms with Crippen molar-refractivity contribution in [1.82, 2.24) is 9.55 Å². The quantitative estimate of drug-likeness (QED) is 0.799. The molecule has 1 heterocycles. The minimum absolute atomic E-state index is 0.0293. The van der Waals surface area contributed by atoms with E-state index in [4.69, 9.17) is 22.1 Å². The molecule has 2 rings (SSSR count). The van der Waals surface area contributed by atoms with Crippen molar-refractivity contribution >= 4 is 12.2 Å². The van der Waals surface area contributed by atoms with E-state index in [1.807, 2.05) is 34.9 Å². The third kappa shape index (κ3) is 2.95. The van der Waals surface area contributed by atoms with Gasteiger partial charge in [0, 0.05) is 6.20 Å². The lowest BCUT2D eigenvalue weighted by atomic mass is 10.3. The second-order valence-corrected chi connectivity index (χ2v) is 3.94. The molecule has 5 heteroatoms. The van der Waals surface area contributed by atoms with Crippen LogP contribution in [0.5, 0.6) is 5.75 Å². The zero-order chi connectivity index (χ0) is 12.1. The molecule has 2 aromatic rings. The monoisotopic (exact) mass is 250 g/mol. The standard InChI is InChI=1S/C12H14N2O2S/c15-9-10-8-13-12(17)14(10)6-7-16-11-4-2-1-3-5-11/h1-5,8,15H,6-7,9H2,(H,13,17). The minimum atomic E-state index is -0.0293. The number of aromatic amines is 1. The lowest BCUT2D eigenvalue weighted by Gasteiger charge is -2.08. The number of para-hydroxylation sites is 1. The van der Waals surface area contributed by atoms with Crippen LogP contribution in [0.15, 0.2) is 36.5 Å². The maximum absolute atomic E-state index is 9.12. The second kappa shape index (κ2) is 5.65. The van der Waals surface area contributed by atoms with Gasteiger partial charge in [-0.1, -0.05) is 18.2 Å². The Morgan fingerprint density at radius 3 is 2.76 bits per heavy atom. The van der Waals surface area contributed by atoms with Crippen molar-refractivity contribution in [3.05, 3.63) is 47.0 Å². The molecule has 17 heavy (non-hydrogen) atoms. The van der Waals surface area contributed by atoms with Gasteiger partial charge in [0.05, 0.1) is 18.8 Å².